The first-order chi connectivity index (χ1) is 6.65. The average Bonchev–Trinajstić information content (AvgIpc) is 2.53. The van der Waals surface area contributed by atoms with Crippen molar-refractivity contribution in [3.05, 3.63) is 0 Å². The molecule has 4 heteroatoms. The number of nitrogens with two attached hydrogens (primary N) is 1. The fraction of sp³-hybridized carbons (Fsp3) is 0.900. The van der Waals surface area contributed by atoms with Gasteiger partial charge in [-0.05, 0) is 26.4 Å². The Kier molecular flexibility index (Phi) is 4.35. The molecule has 2 atom stereocenters. The molecule has 1 rings (SSSR count). The van der Waals surface area contributed by atoms with Gasteiger partial charge < -0.3 is 11.1 Å². The van der Waals surface area contributed by atoms with Crippen molar-refractivity contribution in [3.63, 3.8) is 0 Å². The normalized spacial score (nSPS) is 25.1. The van der Waals surface area contributed by atoms with Gasteiger partial charge in [0.25, 0.3) is 0 Å². The molecule has 0 bridgehead atoms. The highest BCUT2D eigenvalue weighted by molar-refractivity contribution is 5.76. The van der Waals surface area contributed by atoms with Crippen molar-refractivity contribution in [2.75, 3.05) is 26.7 Å². The van der Waals surface area contributed by atoms with Crippen LogP contribution in [0.2, 0.25) is 0 Å². The van der Waals surface area contributed by atoms with Crippen LogP contribution in [0.25, 0.3) is 0 Å². The molecule has 1 amide bonds. The van der Waals surface area contributed by atoms with Crippen molar-refractivity contribution in [1.29, 1.82) is 0 Å². The molecule has 0 radical (unpaired) electrons. The van der Waals surface area contributed by atoms with E-state index in [0.717, 1.165) is 19.6 Å². The SMILES string of the molecule is CNCC1CCCN1CC(C)C(N)=O. The Hall–Kier alpha value is -0.610. The van der Waals surface area contributed by atoms with Crippen LogP contribution in [0, 0.1) is 5.92 Å². The lowest BCUT2D eigenvalue weighted by Gasteiger charge is -2.26. The van der Waals surface area contributed by atoms with E-state index in [-0.39, 0.29) is 11.8 Å². The van der Waals surface area contributed by atoms with Gasteiger partial charge in [0.2, 0.25) is 5.91 Å². The lowest BCUT2D eigenvalue weighted by Crippen LogP contribution is -2.41. The lowest BCUT2D eigenvalue weighted by molar-refractivity contribution is -0.121. The molecule has 1 fully saturated rings. The number of nitrogens with one attached hydrogen (secondary N) is 1. The number of rotatable bonds is 5. The van der Waals surface area contributed by atoms with Gasteiger partial charge in [0.15, 0.2) is 0 Å². The Morgan fingerprint density at radius 1 is 1.71 bits per heavy atom. The van der Waals surface area contributed by atoms with E-state index in [2.05, 4.69) is 10.2 Å². The van der Waals surface area contributed by atoms with Crippen LogP contribution in [0.1, 0.15) is 19.8 Å². The fourth-order valence-electron chi connectivity index (χ4n) is 2.04. The van der Waals surface area contributed by atoms with Crippen molar-refractivity contribution >= 4 is 5.91 Å². The second kappa shape index (κ2) is 5.32. The average molecular weight is 199 g/mol. The van der Waals surface area contributed by atoms with E-state index in [1.54, 1.807) is 0 Å². The third-order valence-corrected chi connectivity index (χ3v) is 2.93. The molecular formula is C10H21N3O. The van der Waals surface area contributed by atoms with Crippen LogP contribution in [-0.4, -0.2) is 43.5 Å². The molecule has 3 N–H and O–H groups in total. The van der Waals surface area contributed by atoms with E-state index in [9.17, 15) is 4.79 Å². The Morgan fingerprint density at radius 3 is 3.00 bits per heavy atom. The smallest absolute Gasteiger partial charge is 0.221 e. The van der Waals surface area contributed by atoms with E-state index in [0.29, 0.717) is 6.04 Å². The van der Waals surface area contributed by atoms with Crippen molar-refractivity contribution < 1.29 is 4.79 Å². The number of amides is 1. The minimum atomic E-state index is -0.194. The maximum Gasteiger partial charge on any atom is 0.221 e. The number of likely N-dealkylation sites (tertiary alicyclic amines) is 1. The first-order valence-electron chi connectivity index (χ1n) is 5.33. The van der Waals surface area contributed by atoms with Crippen molar-refractivity contribution in [3.8, 4) is 0 Å². The van der Waals surface area contributed by atoms with Gasteiger partial charge in [-0.1, -0.05) is 6.92 Å². The molecule has 0 aliphatic carbocycles. The zero-order valence-electron chi connectivity index (χ0n) is 9.12. The largest absolute Gasteiger partial charge is 0.369 e. The summed E-state index contributed by atoms with van der Waals surface area (Å²) in [5.41, 5.74) is 5.25. The maximum atomic E-state index is 10.9. The molecule has 14 heavy (non-hydrogen) atoms. The third-order valence-electron chi connectivity index (χ3n) is 2.93. The Labute approximate surface area is 85.8 Å². The van der Waals surface area contributed by atoms with E-state index in [1.807, 2.05) is 14.0 Å². The van der Waals surface area contributed by atoms with Crippen LogP contribution in [-0.2, 0) is 4.79 Å². The van der Waals surface area contributed by atoms with Gasteiger partial charge in [-0.3, -0.25) is 9.69 Å². The molecule has 0 aromatic rings. The van der Waals surface area contributed by atoms with Gasteiger partial charge in [-0.15, -0.1) is 0 Å². The molecule has 4 nitrogen and oxygen atoms in total. The summed E-state index contributed by atoms with van der Waals surface area (Å²) >= 11 is 0. The zero-order valence-corrected chi connectivity index (χ0v) is 9.12. The highest BCUT2D eigenvalue weighted by Gasteiger charge is 2.26. The van der Waals surface area contributed by atoms with E-state index >= 15 is 0 Å². The highest BCUT2D eigenvalue weighted by Crippen LogP contribution is 2.17. The number of hydrogen-bond donors (Lipinski definition) is 2. The summed E-state index contributed by atoms with van der Waals surface area (Å²) in [5, 5.41) is 3.18. The number of likely N-dealkylation sites (N-methyl/N-ethyl adjacent to an activating group) is 1. The quantitative estimate of drug-likeness (QED) is 0.644. The van der Waals surface area contributed by atoms with Gasteiger partial charge in [-0.2, -0.15) is 0 Å². The highest BCUT2D eigenvalue weighted by atomic mass is 16.1. The molecule has 1 aliphatic rings. The number of nitrogens with zero attached hydrogens (tertiary/aromatic N) is 1. The molecule has 0 aromatic carbocycles. The molecule has 1 saturated heterocycles. The zero-order chi connectivity index (χ0) is 10.6. The number of carbonyl (C=O) groups is 1. The summed E-state index contributed by atoms with van der Waals surface area (Å²) < 4.78 is 0. The Balaban J connectivity index is 2.38. The van der Waals surface area contributed by atoms with Crippen LogP contribution in [0.15, 0.2) is 0 Å². The summed E-state index contributed by atoms with van der Waals surface area (Å²) in [6.45, 7) is 4.81. The molecule has 2 unspecified atom stereocenters. The second-order valence-electron chi connectivity index (χ2n) is 4.15. The first kappa shape index (κ1) is 11.5. The summed E-state index contributed by atoms with van der Waals surface area (Å²) in [5.74, 6) is -0.229. The van der Waals surface area contributed by atoms with Gasteiger partial charge >= 0.3 is 0 Å². The van der Waals surface area contributed by atoms with Gasteiger partial charge in [0.1, 0.15) is 0 Å². The molecule has 1 heterocycles. The molecule has 0 saturated carbocycles. The first-order valence-corrected chi connectivity index (χ1v) is 5.33. The molecule has 82 valence electrons. The van der Waals surface area contributed by atoms with E-state index in [1.165, 1.54) is 12.8 Å². The molecular weight excluding hydrogens is 178 g/mol. The Bertz CT molecular complexity index is 196. The summed E-state index contributed by atoms with van der Waals surface area (Å²) in [6, 6.07) is 0.585. The van der Waals surface area contributed by atoms with Crippen molar-refractivity contribution in [1.82, 2.24) is 10.2 Å². The van der Waals surface area contributed by atoms with Crippen LogP contribution < -0.4 is 11.1 Å². The third kappa shape index (κ3) is 2.96. The maximum absolute atomic E-state index is 10.9. The van der Waals surface area contributed by atoms with E-state index < -0.39 is 0 Å². The summed E-state index contributed by atoms with van der Waals surface area (Å²) in [6.07, 6.45) is 2.46. The van der Waals surface area contributed by atoms with Crippen molar-refractivity contribution in [2.24, 2.45) is 11.7 Å². The fourth-order valence-corrected chi connectivity index (χ4v) is 2.04. The predicted molar refractivity (Wildman–Crippen MR) is 56.9 cm³/mol. The van der Waals surface area contributed by atoms with Gasteiger partial charge in [0.05, 0.1) is 0 Å². The summed E-state index contributed by atoms with van der Waals surface area (Å²) in [7, 11) is 1.97. The standard InChI is InChI=1S/C10H21N3O/c1-8(10(11)14)7-13-5-3-4-9(13)6-12-2/h8-9,12H,3-7H2,1-2H3,(H2,11,14). The van der Waals surface area contributed by atoms with Crippen molar-refractivity contribution in [2.45, 2.75) is 25.8 Å². The summed E-state index contributed by atoms with van der Waals surface area (Å²) in [4.78, 5) is 13.3. The number of primary amides is 1. The predicted octanol–water partition coefficient (Wildman–Crippen LogP) is -0.208. The number of hydrogen-bond acceptors (Lipinski definition) is 3. The van der Waals surface area contributed by atoms with Crippen LogP contribution in [0.5, 0.6) is 0 Å². The molecule has 0 aromatic heterocycles. The topological polar surface area (TPSA) is 58.4 Å². The Morgan fingerprint density at radius 2 is 2.43 bits per heavy atom. The number of carbonyl (C=O) groups excluding carboxylic acids is 1. The van der Waals surface area contributed by atoms with Crippen LogP contribution in [0.4, 0.5) is 0 Å². The lowest BCUT2D eigenvalue weighted by atomic mass is 10.1. The monoisotopic (exact) mass is 199 g/mol. The van der Waals surface area contributed by atoms with E-state index in [4.69, 9.17) is 5.73 Å². The van der Waals surface area contributed by atoms with Crippen LogP contribution in [0.3, 0.4) is 0 Å². The molecule has 1 aliphatic heterocycles. The van der Waals surface area contributed by atoms with Gasteiger partial charge in [0, 0.05) is 25.0 Å². The minimum Gasteiger partial charge on any atom is -0.369 e. The minimum absolute atomic E-state index is 0.0348. The van der Waals surface area contributed by atoms with Gasteiger partial charge in [-0.25, -0.2) is 0 Å². The second-order valence-corrected chi connectivity index (χ2v) is 4.15. The van der Waals surface area contributed by atoms with Crippen LogP contribution >= 0.6 is 0 Å². The molecule has 0 spiro atoms.